The summed E-state index contributed by atoms with van der Waals surface area (Å²) in [5, 5.41) is 13.4. The molecule has 0 spiro atoms. The molecule has 1 aliphatic rings. The molecule has 1 N–H and O–H groups in total. The maximum Gasteiger partial charge on any atom is 0.266 e. The molecule has 0 aliphatic carbocycles. The number of aromatic nitrogens is 4. The van der Waals surface area contributed by atoms with Crippen LogP contribution in [-0.4, -0.2) is 50.7 Å². The maximum absolute atomic E-state index is 12.9. The molecule has 10 heteroatoms. The quantitative estimate of drug-likeness (QED) is 0.662. The van der Waals surface area contributed by atoms with Gasteiger partial charge in [0, 0.05) is 17.9 Å². The first-order valence-corrected chi connectivity index (χ1v) is 11.1. The molecule has 1 fully saturated rings. The molecule has 0 saturated carbocycles. The predicted octanol–water partition coefficient (Wildman–Crippen LogP) is 3.53. The van der Waals surface area contributed by atoms with Crippen molar-refractivity contribution >= 4 is 39.4 Å². The molecule has 8 nitrogen and oxygen atoms in total. The molecule has 4 heterocycles. The molecule has 0 unspecified atom stereocenters. The van der Waals surface area contributed by atoms with E-state index in [1.165, 1.54) is 22.7 Å². The number of ether oxygens (including phenoxy) is 1. The normalized spacial score (nSPS) is 16.8. The van der Waals surface area contributed by atoms with Crippen LogP contribution in [0.1, 0.15) is 44.8 Å². The van der Waals surface area contributed by atoms with Crippen LogP contribution in [-0.2, 0) is 11.2 Å². The Morgan fingerprint density at radius 1 is 1.34 bits per heavy atom. The fraction of sp³-hybridized carbons (Fsp3) is 0.421. The van der Waals surface area contributed by atoms with Gasteiger partial charge in [0.1, 0.15) is 16.0 Å². The van der Waals surface area contributed by atoms with E-state index in [1.54, 1.807) is 5.51 Å². The largest absolute Gasteiger partial charge is 0.368 e. The summed E-state index contributed by atoms with van der Waals surface area (Å²) in [6, 6.07) is 3.92. The van der Waals surface area contributed by atoms with Gasteiger partial charge in [-0.1, -0.05) is 18.3 Å². The third kappa shape index (κ3) is 4.44. The van der Waals surface area contributed by atoms with Gasteiger partial charge in [-0.05, 0) is 32.4 Å². The molecule has 29 heavy (non-hydrogen) atoms. The van der Waals surface area contributed by atoms with Crippen LogP contribution in [0.5, 0.6) is 0 Å². The third-order valence-corrected chi connectivity index (χ3v) is 6.52. The minimum atomic E-state index is -0.276. The van der Waals surface area contributed by atoms with Crippen molar-refractivity contribution in [2.24, 2.45) is 0 Å². The second-order valence-corrected chi connectivity index (χ2v) is 8.70. The first kappa shape index (κ1) is 19.9. The first-order valence-electron chi connectivity index (χ1n) is 9.42. The highest BCUT2D eigenvalue weighted by Gasteiger charge is 2.29. The third-order valence-electron chi connectivity index (χ3n) is 4.62. The van der Waals surface area contributed by atoms with E-state index in [1.807, 2.05) is 30.9 Å². The van der Waals surface area contributed by atoms with E-state index in [0.717, 1.165) is 39.3 Å². The lowest BCUT2D eigenvalue weighted by Gasteiger charge is -2.32. The number of anilines is 2. The summed E-state index contributed by atoms with van der Waals surface area (Å²) in [6.07, 6.45) is 0.584. The Kier molecular flexibility index (Phi) is 5.84. The number of morpholine rings is 1. The van der Waals surface area contributed by atoms with Crippen LogP contribution < -0.4 is 5.32 Å². The van der Waals surface area contributed by atoms with E-state index in [2.05, 4.69) is 32.4 Å². The highest BCUT2D eigenvalue weighted by molar-refractivity contribution is 7.15. The van der Waals surface area contributed by atoms with E-state index >= 15 is 0 Å². The second kappa shape index (κ2) is 8.52. The molecule has 0 radical (unpaired) electrons. The zero-order valence-corrected chi connectivity index (χ0v) is 18.1. The molecule has 1 aliphatic heterocycles. The monoisotopic (exact) mass is 430 g/mol. The minimum absolute atomic E-state index is 0.00487. The zero-order valence-electron chi connectivity index (χ0n) is 16.5. The van der Waals surface area contributed by atoms with Gasteiger partial charge in [-0.15, -0.1) is 21.5 Å². The highest BCUT2D eigenvalue weighted by Crippen LogP contribution is 2.28. The molecule has 3 aromatic heterocycles. The summed E-state index contributed by atoms with van der Waals surface area (Å²) >= 11 is 2.91. The summed E-state index contributed by atoms with van der Waals surface area (Å²) in [5.41, 5.74) is 5.03. The van der Waals surface area contributed by atoms with Crippen molar-refractivity contribution in [1.82, 2.24) is 25.1 Å². The van der Waals surface area contributed by atoms with Gasteiger partial charge in [-0.2, -0.15) is 0 Å². The zero-order chi connectivity index (χ0) is 20.4. The summed E-state index contributed by atoms with van der Waals surface area (Å²) in [5.74, 6) is 0.00487. The molecular formula is C19H22N6O2S2. The van der Waals surface area contributed by atoms with Gasteiger partial charge >= 0.3 is 0 Å². The van der Waals surface area contributed by atoms with Crippen molar-refractivity contribution in [1.29, 1.82) is 0 Å². The van der Waals surface area contributed by atoms with Gasteiger partial charge in [0.2, 0.25) is 5.13 Å². The number of pyridine rings is 1. The summed E-state index contributed by atoms with van der Waals surface area (Å²) in [7, 11) is 0. The average Bonchev–Trinajstić information content (AvgIpc) is 3.35. The molecule has 3 aromatic rings. The highest BCUT2D eigenvalue weighted by atomic mass is 32.1. The lowest BCUT2D eigenvalue weighted by Crippen LogP contribution is -2.42. The van der Waals surface area contributed by atoms with Crippen LogP contribution in [0.15, 0.2) is 17.6 Å². The number of aryl methyl sites for hydroxylation is 3. The summed E-state index contributed by atoms with van der Waals surface area (Å²) in [4.78, 5) is 24.2. The number of amides is 1. The molecule has 152 valence electrons. The number of carbonyl (C=O) groups is 1. The summed E-state index contributed by atoms with van der Waals surface area (Å²) < 4.78 is 5.95. The Bertz CT molecular complexity index is 1020. The topological polar surface area (TPSA) is 93.1 Å². The number of thiazole rings is 1. The van der Waals surface area contributed by atoms with E-state index < -0.39 is 0 Å². The predicted molar refractivity (Wildman–Crippen MR) is 113 cm³/mol. The van der Waals surface area contributed by atoms with Crippen LogP contribution in [0.3, 0.4) is 0 Å². The number of hydrogen-bond donors (Lipinski definition) is 1. The Labute approximate surface area is 177 Å². The lowest BCUT2D eigenvalue weighted by molar-refractivity contribution is -0.0246. The number of nitrogens with zero attached hydrogens (tertiary/aromatic N) is 5. The SMILES string of the molecule is CCc1nnc(Nc2cc(C)nc([C@H]3CN(C(=O)c4scnc4C)CCO3)c2)s1. The van der Waals surface area contributed by atoms with Gasteiger partial charge < -0.3 is 15.0 Å². The smallest absolute Gasteiger partial charge is 0.266 e. The Morgan fingerprint density at radius 3 is 2.93 bits per heavy atom. The molecule has 4 rings (SSSR count). The standard InChI is InChI=1S/C19H22N6O2S2/c1-4-16-23-24-19(29-16)22-13-7-11(2)21-14(8-13)15-9-25(5-6-27-15)18(26)17-12(3)20-10-28-17/h7-8,10,15H,4-6,9H2,1-3H3,(H,21,22,24)/t15-/m1/s1. The van der Waals surface area contributed by atoms with Gasteiger partial charge in [0.15, 0.2) is 0 Å². The Hall–Kier alpha value is -2.43. The van der Waals surface area contributed by atoms with E-state index in [0.29, 0.717) is 24.6 Å². The lowest BCUT2D eigenvalue weighted by atomic mass is 10.1. The average molecular weight is 431 g/mol. The van der Waals surface area contributed by atoms with E-state index in [9.17, 15) is 4.79 Å². The van der Waals surface area contributed by atoms with Crippen molar-refractivity contribution in [2.45, 2.75) is 33.3 Å². The van der Waals surface area contributed by atoms with Crippen molar-refractivity contribution < 1.29 is 9.53 Å². The van der Waals surface area contributed by atoms with Crippen molar-refractivity contribution in [3.63, 3.8) is 0 Å². The van der Waals surface area contributed by atoms with Gasteiger partial charge in [-0.25, -0.2) is 4.98 Å². The van der Waals surface area contributed by atoms with Crippen LogP contribution in [0, 0.1) is 13.8 Å². The van der Waals surface area contributed by atoms with E-state index in [-0.39, 0.29) is 12.0 Å². The van der Waals surface area contributed by atoms with Gasteiger partial charge in [0.05, 0.1) is 30.1 Å². The fourth-order valence-corrected chi connectivity index (χ4v) is 4.63. The minimum Gasteiger partial charge on any atom is -0.368 e. The molecule has 0 bridgehead atoms. The van der Waals surface area contributed by atoms with Crippen LogP contribution in [0.2, 0.25) is 0 Å². The number of carbonyl (C=O) groups excluding carboxylic acids is 1. The number of nitrogens with one attached hydrogen (secondary N) is 1. The maximum atomic E-state index is 12.9. The number of rotatable bonds is 5. The van der Waals surface area contributed by atoms with Crippen LogP contribution >= 0.6 is 22.7 Å². The second-order valence-electron chi connectivity index (χ2n) is 6.78. The van der Waals surface area contributed by atoms with Crippen molar-refractivity contribution in [2.75, 3.05) is 25.0 Å². The van der Waals surface area contributed by atoms with Crippen molar-refractivity contribution in [3.8, 4) is 0 Å². The summed E-state index contributed by atoms with van der Waals surface area (Å²) in [6.45, 7) is 7.36. The van der Waals surface area contributed by atoms with Gasteiger partial charge in [0.25, 0.3) is 5.91 Å². The molecule has 0 aromatic carbocycles. The Morgan fingerprint density at radius 2 is 2.21 bits per heavy atom. The van der Waals surface area contributed by atoms with Gasteiger partial charge in [-0.3, -0.25) is 9.78 Å². The van der Waals surface area contributed by atoms with E-state index in [4.69, 9.17) is 4.74 Å². The molecule has 1 atom stereocenters. The van der Waals surface area contributed by atoms with Crippen molar-refractivity contribution in [3.05, 3.63) is 44.6 Å². The number of hydrogen-bond acceptors (Lipinski definition) is 9. The van der Waals surface area contributed by atoms with Crippen LogP contribution in [0.4, 0.5) is 10.8 Å². The fourth-order valence-electron chi connectivity index (χ4n) is 3.17. The first-order chi connectivity index (χ1) is 14.0. The molecule has 1 saturated heterocycles. The molecule has 1 amide bonds. The van der Waals surface area contributed by atoms with Crippen LogP contribution in [0.25, 0.3) is 0 Å². The molecular weight excluding hydrogens is 408 g/mol. The Balaban J connectivity index is 1.52.